The Kier molecular flexibility index (Phi) is 6.25. The molecule has 28 heavy (non-hydrogen) atoms. The third kappa shape index (κ3) is 4.74. The van der Waals surface area contributed by atoms with Crippen LogP contribution in [0.4, 0.5) is 30.7 Å². The number of alkyl halides is 6. The third-order valence-corrected chi connectivity index (χ3v) is 4.18. The number of H-pyrrole nitrogens is 1. The summed E-state index contributed by atoms with van der Waals surface area (Å²) in [4.78, 5) is 17.4. The average molecular weight is 520 g/mol. The molecule has 0 unspecified atom stereocenters. The molecule has 5 nitrogen and oxygen atoms in total. The highest BCUT2D eigenvalue weighted by molar-refractivity contribution is 14.1. The Labute approximate surface area is 165 Å². The van der Waals surface area contributed by atoms with Gasteiger partial charge in [0, 0.05) is 16.0 Å². The number of halogens is 8. The van der Waals surface area contributed by atoms with Gasteiger partial charge in [-0.15, -0.1) is 0 Å². The molecule has 3 aromatic rings. The standard InChI is InChI=1S/C8H6F3N3.C7H2F4INO/c1-4-2-3-12-7-5(4)6(13-14-7)8(9,10)11;8-6-4(3(12)1-2-13-6)5(14)7(9,10)11/h2-3H,1H3,(H,12,13,14);1-2H. The number of fused-ring (bicyclic) bond motifs is 1. The van der Waals surface area contributed by atoms with Gasteiger partial charge in [-0.25, -0.2) is 9.97 Å². The summed E-state index contributed by atoms with van der Waals surface area (Å²) in [7, 11) is 0. The van der Waals surface area contributed by atoms with Gasteiger partial charge < -0.3 is 0 Å². The molecule has 0 saturated heterocycles. The highest BCUT2D eigenvalue weighted by Gasteiger charge is 2.42. The van der Waals surface area contributed by atoms with Gasteiger partial charge in [0.15, 0.2) is 5.65 Å². The number of carbonyl (C=O) groups is 1. The number of aryl methyl sites for hydroxylation is 1. The van der Waals surface area contributed by atoms with Crippen LogP contribution in [0.2, 0.25) is 0 Å². The van der Waals surface area contributed by atoms with Gasteiger partial charge in [-0.2, -0.15) is 35.8 Å². The fourth-order valence-electron chi connectivity index (χ4n) is 2.07. The Morgan fingerprint density at radius 1 is 1.07 bits per heavy atom. The van der Waals surface area contributed by atoms with E-state index in [1.165, 1.54) is 34.9 Å². The van der Waals surface area contributed by atoms with Crippen LogP contribution in [-0.2, 0) is 6.18 Å². The molecular weight excluding hydrogens is 512 g/mol. The molecule has 0 spiro atoms. The molecule has 3 aromatic heterocycles. The molecule has 3 heterocycles. The van der Waals surface area contributed by atoms with Gasteiger partial charge in [0.05, 0.1) is 10.9 Å². The zero-order valence-electron chi connectivity index (χ0n) is 13.6. The lowest BCUT2D eigenvalue weighted by atomic mass is 10.1. The third-order valence-electron chi connectivity index (χ3n) is 3.28. The zero-order valence-corrected chi connectivity index (χ0v) is 15.7. The van der Waals surface area contributed by atoms with Crippen LogP contribution in [0.5, 0.6) is 0 Å². The number of aromatic nitrogens is 4. The fourth-order valence-corrected chi connectivity index (χ4v) is 2.69. The van der Waals surface area contributed by atoms with Crippen LogP contribution in [0.15, 0.2) is 24.5 Å². The summed E-state index contributed by atoms with van der Waals surface area (Å²) in [6.07, 6.45) is -7.07. The monoisotopic (exact) mass is 520 g/mol. The Balaban J connectivity index is 0.000000200. The van der Waals surface area contributed by atoms with E-state index in [4.69, 9.17) is 0 Å². The van der Waals surface area contributed by atoms with E-state index in [9.17, 15) is 35.5 Å². The van der Waals surface area contributed by atoms with E-state index < -0.39 is 35.3 Å². The van der Waals surface area contributed by atoms with Crippen molar-refractivity contribution in [1.29, 1.82) is 0 Å². The highest BCUT2D eigenvalue weighted by atomic mass is 127. The van der Waals surface area contributed by atoms with Crippen LogP contribution in [-0.4, -0.2) is 32.1 Å². The molecule has 0 bridgehead atoms. The second kappa shape index (κ2) is 7.97. The van der Waals surface area contributed by atoms with E-state index in [1.54, 1.807) is 6.92 Å². The number of carbonyl (C=O) groups excluding carboxylic acids is 1. The Morgan fingerprint density at radius 2 is 1.68 bits per heavy atom. The normalized spacial score (nSPS) is 11.9. The van der Waals surface area contributed by atoms with E-state index in [-0.39, 0.29) is 14.6 Å². The first-order chi connectivity index (χ1) is 12.8. The van der Waals surface area contributed by atoms with Crippen LogP contribution in [0.25, 0.3) is 11.0 Å². The van der Waals surface area contributed by atoms with Gasteiger partial charge in [-0.05, 0) is 47.2 Å². The number of ketones is 1. The number of aromatic amines is 1. The Morgan fingerprint density at radius 3 is 2.21 bits per heavy atom. The SMILES string of the molecule is Cc1ccnc2n[nH]c(C(F)(F)F)c12.O=C(c1c(I)ccnc1F)C(F)(F)F. The molecule has 0 aromatic carbocycles. The second-order valence-electron chi connectivity index (χ2n) is 5.21. The van der Waals surface area contributed by atoms with Gasteiger partial charge in [0.2, 0.25) is 5.95 Å². The molecule has 0 amide bonds. The minimum atomic E-state index is -5.08. The van der Waals surface area contributed by atoms with Crippen molar-refractivity contribution < 1.29 is 35.5 Å². The molecule has 13 heteroatoms. The average Bonchev–Trinajstić information content (AvgIpc) is 3.00. The quantitative estimate of drug-likeness (QED) is 0.216. The molecule has 0 fully saturated rings. The number of hydrogen-bond donors (Lipinski definition) is 1. The van der Waals surface area contributed by atoms with E-state index >= 15 is 0 Å². The minimum absolute atomic E-state index is 0.0417. The number of nitrogens with one attached hydrogen (secondary N) is 1. The van der Waals surface area contributed by atoms with Gasteiger partial charge >= 0.3 is 12.4 Å². The number of rotatable bonds is 1. The molecule has 0 aliphatic carbocycles. The van der Waals surface area contributed by atoms with Crippen molar-refractivity contribution in [2.45, 2.75) is 19.3 Å². The molecular formula is C15H8F7IN4O. The number of nitrogens with zero attached hydrogens (tertiary/aromatic N) is 3. The van der Waals surface area contributed by atoms with Crippen molar-refractivity contribution >= 4 is 39.4 Å². The number of Topliss-reactive ketones (excluding diaryl/α,β-unsaturated/α-hetero) is 1. The van der Waals surface area contributed by atoms with Crippen LogP contribution in [0.3, 0.4) is 0 Å². The van der Waals surface area contributed by atoms with E-state index in [0.717, 1.165) is 12.3 Å². The summed E-state index contributed by atoms with van der Waals surface area (Å²) >= 11 is 1.44. The zero-order chi connectivity index (χ0) is 21.3. The summed E-state index contributed by atoms with van der Waals surface area (Å²) in [6, 6.07) is 2.65. The van der Waals surface area contributed by atoms with Gasteiger partial charge in [-0.3, -0.25) is 9.89 Å². The van der Waals surface area contributed by atoms with Gasteiger partial charge in [-0.1, -0.05) is 0 Å². The number of pyridine rings is 2. The molecule has 3 rings (SSSR count). The molecule has 0 atom stereocenters. The predicted octanol–water partition coefficient (Wildman–Crippen LogP) is 4.86. The summed E-state index contributed by atoms with van der Waals surface area (Å²) in [5, 5.41) is 5.49. The van der Waals surface area contributed by atoms with Crippen molar-refractivity contribution in [1.82, 2.24) is 20.2 Å². The molecule has 0 aliphatic heterocycles. The lowest BCUT2D eigenvalue weighted by Crippen LogP contribution is -2.25. The Hall–Kier alpha value is -2.32. The van der Waals surface area contributed by atoms with Crippen LogP contribution >= 0.6 is 22.6 Å². The summed E-state index contributed by atoms with van der Waals surface area (Å²) in [6.45, 7) is 1.59. The lowest BCUT2D eigenvalue weighted by Gasteiger charge is -2.06. The van der Waals surface area contributed by atoms with E-state index in [1.807, 2.05) is 5.10 Å². The van der Waals surface area contributed by atoms with Crippen molar-refractivity contribution in [2.24, 2.45) is 0 Å². The molecule has 0 aliphatic rings. The Bertz CT molecular complexity index is 994. The van der Waals surface area contributed by atoms with Crippen LogP contribution in [0, 0.1) is 16.4 Å². The first-order valence-electron chi connectivity index (χ1n) is 7.12. The fraction of sp³-hybridized carbons (Fsp3) is 0.200. The number of hydrogen-bond acceptors (Lipinski definition) is 4. The molecule has 0 saturated carbocycles. The van der Waals surface area contributed by atoms with Crippen LogP contribution in [0.1, 0.15) is 21.6 Å². The first kappa shape index (κ1) is 22.0. The van der Waals surface area contributed by atoms with Crippen molar-refractivity contribution in [3.05, 3.63) is 50.9 Å². The van der Waals surface area contributed by atoms with Crippen molar-refractivity contribution in [3.8, 4) is 0 Å². The molecule has 150 valence electrons. The summed E-state index contributed by atoms with van der Waals surface area (Å²) in [5.74, 6) is -3.62. The lowest BCUT2D eigenvalue weighted by molar-refractivity contribution is -0.140. The smallest absolute Gasteiger partial charge is 0.284 e. The van der Waals surface area contributed by atoms with Crippen molar-refractivity contribution in [3.63, 3.8) is 0 Å². The topological polar surface area (TPSA) is 71.5 Å². The summed E-state index contributed by atoms with van der Waals surface area (Å²) < 4.78 is 85.8. The first-order valence-corrected chi connectivity index (χ1v) is 8.20. The van der Waals surface area contributed by atoms with Gasteiger partial charge in [0.25, 0.3) is 5.78 Å². The minimum Gasteiger partial charge on any atom is -0.284 e. The maximum absolute atomic E-state index is 12.8. The maximum atomic E-state index is 12.8. The highest BCUT2D eigenvalue weighted by Crippen LogP contribution is 2.33. The molecule has 0 radical (unpaired) electrons. The van der Waals surface area contributed by atoms with Crippen molar-refractivity contribution in [2.75, 3.05) is 0 Å². The predicted molar refractivity (Wildman–Crippen MR) is 90.9 cm³/mol. The second-order valence-corrected chi connectivity index (χ2v) is 6.37. The molecule has 1 N–H and O–H groups in total. The van der Waals surface area contributed by atoms with E-state index in [2.05, 4.69) is 15.1 Å². The largest absolute Gasteiger partial charge is 0.455 e. The summed E-state index contributed by atoms with van der Waals surface area (Å²) in [5.41, 5.74) is -1.26. The van der Waals surface area contributed by atoms with E-state index in [0.29, 0.717) is 5.56 Å². The maximum Gasteiger partial charge on any atom is 0.455 e. The van der Waals surface area contributed by atoms with Gasteiger partial charge in [0.1, 0.15) is 5.69 Å². The van der Waals surface area contributed by atoms with Crippen LogP contribution < -0.4 is 0 Å².